The number of rotatable bonds is 4. The molecule has 1 aromatic carbocycles. The molecule has 0 aliphatic carbocycles. The Morgan fingerprint density at radius 2 is 2.08 bits per heavy atom. The number of halogens is 3. The van der Waals surface area contributed by atoms with E-state index in [2.05, 4.69) is 10.1 Å². The second kappa shape index (κ2) is 6.51. The quantitative estimate of drug-likeness (QED) is 0.721. The van der Waals surface area contributed by atoms with Crippen LogP contribution in [0.1, 0.15) is 16.7 Å². The predicted molar refractivity (Wildman–Crippen MR) is 87.3 cm³/mol. The average Bonchev–Trinajstić information content (AvgIpc) is 3.22. The first-order chi connectivity index (χ1) is 12.2. The first kappa shape index (κ1) is 17.5. The van der Waals surface area contributed by atoms with Gasteiger partial charge in [0.15, 0.2) is 5.82 Å². The van der Waals surface area contributed by atoms with Crippen LogP contribution in [0.3, 0.4) is 0 Å². The van der Waals surface area contributed by atoms with E-state index in [9.17, 15) is 18.0 Å². The highest BCUT2D eigenvalue weighted by Gasteiger charge is 2.31. The molecule has 0 saturated heterocycles. The molecule has 0 bridgehead atoms. The minimum atomic E-state index is -4.47. The molecule has 2 N–H and O–H groups in total. The third-order valence-corrected chi connectivity index (χ3v) is 3.53. The maximum Gasteiger partial charge on any atom is 0.416 e. The van der Waals surface area contributed by atoms with Crippen LogP contribution in [0, 0.1) is 6.92 Å². The molecule has 0 fully saturated rings. The Morgan fingerprint density at radius 1 is 1.31 bits per heavy atom. The van der Waals surface area contributed by atoms with Gasteiger partial charge < -0.3 is 10.2 Å². The number of primary amides is 1. The van der Waals surface area contributed by atoms with E-state index in [0.717, 1.165) is 12.1 Å². The van der Waals surface area contributed by atoms with Crippen LogP contribution < -0.4 is 5.73 Å². The van der Waals surface area contributed by atoms with Crippen LogP contribution in [0.4, 0.5) is 13.2 Å². The average molecular weight is 362 g/mol. The molecule has 0 spiro atoms. The van der Waals surface area contributed by atoms with Gasteiger partial charge in [0.2, 0.25) is 0 Å². The maximum absolute atomic E-state index is 13.0. The van der Waals surface area contributed by atoms with Crippen molar-refractivity contribution in [2.45, 2.75) is 13.1 Å². The zero-order valence-corrected chi connectivity index (χ0v) is 13.5. The number of aromatic nitrogens is 3. The lowest BCUT2D eigenvalue weighted by Gasteiger charge is -2.09. The van der Waals surface area contributed by atoms with Gasteiger partial charge >= 0.3 is 6.18 Å². The topological polar surface area (TPSA) is 86.9 Å². The molecular weight excluding hydrogens is 349 g/mol. The number of aryl methyl sites for hydroxylation is 1. The zero-order valence-electron chi connectivity index (χ0n) is 13.5. The number of hydrogen-bond donors (Lipinski definition) is 1. The van der Waals surface area contributed by atoms with Crippen LogP contribution in [0.5, 0.6) is 0 Å². The third-order valence-electron chi connectivity index (χ3n) is 3.53. The third kappa shape index (κ3) is 3.66. The lowest BCUT2D eigenvalue weighted by atomic mass is 10.1. The van der Waals surface area contributed by atoms with Crippen LogP contribution in [-0.2, 0) is 11.0 Å². The van der Waals surface area contributed by atoms with Crippen molar-refractivity contribution in [3.05, 3.63) is 59.8 Å². The largest absolute Gasteiger partial charge is 0.472 e. The second-order valence-electron chi connectivity index (χ2n) is 5.55. The number of carbonyl (C=O) groups is 1. The van der Waals surface area contributed by atoms with E-state index in [0.29, 0.717) is 11.1 Å². The Hall–Kier alpha value is -3.36. The van der Waals surface area contributed by atoms with Crippen molar-refractivity contribution in [1.82, 2.24) is 14.8 Å². The van der Waals surface area contributed by atoms with Crippen LogP contribution in [0.15, 0.2) is 47.5 Å². The van der Waals surface area contributed by atoms with Gasteiger partial charge in [-0.3, -0.25) is 4.79 Å². The highest BCUT2D eigenvalue weighted by Crippen LogP contribution is 2.32. The van der Waals surface area contributed by atoms with E-state index in [1.165, 1.54) is 29.7 Å². The molecule has 0 saturated carbocycles. The summed E-state index contributed by atoms with van der Waals surface area (Å²) in [5, 5.41) is 4.10. The summed E-state index contributed by atoms with van der Waals surface area (Å²) in [6.07, 6.45) is 0.844. The first-order valence-corrected chi connectivity index (χ1v) is 7.38. The molecular formula is C17H13F3N4O2. The first-order valence-electron chi connectivity index (χ1n) is 7.38. The molecule has 2 heterocycles. The van der Waals surface area contributed by atoms with Gasteiger partial charge in [-0.1, -0.05) is 0 Å². The van der Waals surface area contributed by atoms with Crippen molar-refractivity contribution < 1.29 is 22.4 Å². The normalized spacial score (nSPS) is 12.4. The van der Waals surface area contributed by atoms with Crippen LogP contribution >= 0.6 is 0 Å². The summed E-state index contributed by atoms with van der Waals surface area (Å²) in [6.45, 7) is 1.56. The molecule has 9 heteroatoms. The van der Waals surface area contributed by atoms with Gasteiger partial charge in [-0.05, 0) is 36.8 Å². The van der Waals surface area contributed by atoms with E-state index in [4.69, 9.17) is 10.2 Å². The van der Waals surface area contributed by atoms with E-state index >= 15 is 0 Å². The maximum atomic E-state index is 13.0. The van der Waals surface area contributed by atoms with Crippen molar-refractivity contribution in [1.29, 1.82) is 0 Å². The molecule has 1 amide bonds. The number of hydrogen-bond acceptors (Lipinski definition) is 4. The number of carbonyl (C=O) groups excluding carboxylic acids is 1. The number of benzene rings is 1. The lowest BCUT2D eigenvalue weighted by molar-refractivity contribution is -0.137. The summed E-state index contributed by atoms with van der Waals surface area (Å²) in [7, 11) is 0. The fourth-order valence-electron chi connectivity index (χ4n) is 2.38. The molecule has 0 unspecified atom stereocenters. The monoisotopic (exact) mass is 362 g/mol. The highest BCUT2D eigenvalue weighted by molar-refractivity contribution is 6.22. The van der Waals surface area contributed by atoms with Crippen LogP contribution in [0.25, 0.3) is 23.2 Å². The summed E-state index contributed by atoms with van der Waals surface area (Å²) in [4.78, 5) is 15.6. The summed E-state index contributed by atoms with van der Waals surface area (Å²) in [6, 6.07) is 5.11. The van der Waals surface area contributed by atoms with E-state index in [-0.39, 0.29) is 17.0 Å². The standard InChI is InChI=1S/C17H13F3N4O2/c1-10-4-12(6-13(5-10)17(18,19)20)16-22-9-24(23-16)7-14(15(21)25)11-2-3-26-8-11/h2-9H,1H3,(H2,21,25). The molecule has 26 heavy (non-hydrogen) atoms. The molecule has 3 rings (SSSR count). The van der Waals surface area contributed by atoms with E-state index < -0.39 is 17.6 Å². The SMILES string of the molecule is Cc1cc(-c2ncn(C=C(C(N)=O)c3ccoc3)n2)cc(C(F)(F)F)c1. The second-order valence-corrected chi connectivity index (χ2v) is 5.55. The van der Waals surface area contributed by atoms with Gasteiger partial charge in [0.1, 0.15) is 6.33 Å². The van der Waals surface area contributed by atoms with E-state index in [1.54, 1.807) is 19.1 Å². The van der Waals surface area contributed by atoms with Crippen LogP contribution in [0.2, 0.25) is 0 Å². The van der Waals surface area contributed by atoms with Gasteiger partial charge in [0.25, 0.3) is 5.91 Å². The zero-order chi connectivity index (χ0) is 18.9. The molecule has 0 radical (unpaired) electrons. The van der Waals surface area contributed by atoms with Crippen LogP contribution in [-0.4, -0.2) is 20.7 Å². The smallest absolute Gasteiger partial charge is 0.416 e. The number of alkyl halides is 3. The minimum Gasteiger partial charge on any atom is -0.472 e. The minimum absolute atomic E-state index is 0.0893. The van der Waals surface area contributed by atoms with Crippen molar-refractivity contribution >= 4 is 17.7 Å². The van der Waals surface area contributed by atoms with Gasteiger partial charge in [0, 0.05) is 17.3 Å². The van der Waals surface area contributed by atoms with Crippen molar-refractivity contribution in [3.8, 4) is 11.4 Å². The predicted octanol–water partition coefficient (Wildman–Crippen LogP) is 3.35. The number of nitrogens with zero attached hydrogens (tertiary/aromatic N) is 3. The Kier molecular flexibility index (Phi) is 4.37. The molecule has 0 aliphatic heterocycles. The van der Waals surface area contributed by atoms with Crippen molar-refractivity contribution in [2.24, 2.45) is 5.73 Å². The number of furan rings is 1. The summed E-state index contributed by atoms with van der Waals surface area (Å²) in [5.74, 6) is -0.621. The Labute approximate surface area is 145 Å². The van der Waals surface area contributed by atoms with Gasteiger partial charge in [-0.2, -0.15) is 13.2 Å². The molecule has 3 aromatic rings. The lowest BCUT2D eigenvalue weighted by Crippen LogP contribution is -2.13. The Bertz CT molecular complexity index is 972. The molecule has 0 aliphatic rings. The number of nitrogens with two attached hydrogens (primary N) is 1. The fraction of sp³-hybridized carbons (Fsp3) is 0.118. The summed E-state index contributed by atoms with van der Waals surface area (Å²) >= 11 is 0. The van der Waals surface area contributed by atoms with Gasteiger partial charge in [-0.15, -0.1) is 5.10 Å². The summed E-state index contributed by atoms with van der Waals surface area (Å²) < 4.78 is 45.0. The van der Waals surface area contributed by atoms with Crippen molar-refractivity contribution in [2.75, 3.05) is 0 Å². The Balaban J connectivity index is 1.99. The van der Waals surface area contributed by atoms with Gasteiger partial charge in [-0.25, -0.2) is 9.67 Å². The van der Waals surface area contributed by atoms with Crippen molar-refractivity contribution in [3.63, 3.8) is 0 Å². The molecule has 6 nitrogen and oxygen atoms in total. The van der Waals surface area contributed by atoms with Gasteiger partial charge in [0.05, 0.1) is 23.7 Å². The molecule has 134 valence electrons. The fourth-order valence-corrected chi connectivity index (χ4v) is 2.38. The van der Waals surface area contributed by atoms with E-state index in [1.807, 2.05) is 0 Å². The number of amides is 1. The highest BCUT2D eigenvalue weighted by atomic mass is 19.4. The summed E-state index contributed by atoms with van der Waals surface area (Å²) in [5.41, 5.74) is 5.78. The molecule has 2 aromatic heterocycles. The molecule has 0 atom stereocenters. The Morgan fingerprint density at radius 3 is 2.69 bits per heavy atom.